The maximum absolute atomic E-state index is 13.8. The fourth-order valence-corrected chi connectivity index (χ4v) is 3.99. The van der Waals surface area contributed by atoms with Crippen LogP contribution in [-0.4, -0.2) is 90.1 Å². The number of carbonyl (C=O) groups is 6. The number of likely N-dealkylation sites (N-methyl/N-ethyl adjacent to an activating group) is 1. The van der Waals surface area contributed by atoms with E-state index in [9.17, 15) is 28.8 Å². The van der Waals surface area contributed by atoms with Crippen LogP contribution in [0.4, 0.5) is 4.79 Å². The van der Waals surface area contributed by atoms with Gasteiger partial charge in [-0.15, -0.1) is 6.58 Å². The largest absolute Gasteiger partial charge is 0.363 e. The number of rotatable bonds is 10. The average molecular weight is 537 g/mol. The van der Waals surface area contributed by atoms with Crippen molar-refractivity contribution in [3.63, 3.8) is 0 Å². The molecule has 0 bridgehead atoms. The average Bonchev–Trinajstić information content (AvgIpc) is 3.23. The molecule has 0 aliphatic carbocycles. The maximum atomic E-state index is 13.8. The summed E-state index contributed by atoms with van der Waals surface area (Å²) in [4.78, 5) is 77.0. The molecule has 0 aromatic rings. The molecule has 0 saturated carbocycles. The van der Waals surface area contributed by atoms with Crippen LogP contribution in [0.2, 0.25) is 0 Å². The zero-order chi connectivity index (χ0) is 29.6. The second-order valence-electron chi connectivity index (χ2n) is 12.0. The Morgan fingerprint density at radius 3 is 2.08 bits per heavy atom. The lowest BCUT2D eigenvalue weighted by atomic mass is 9.85. The van der Waals surface area contributed by atoms with E-state index in [4.69, 9.17) is 5.73 Å². The summed E-state index contributed by atoms with van der Waals surface area (Å²) in [7, 11) is 1.65. The van der Waals surface area contributed by atoms with Crippen molar-refractivity contribution in [3.05, 3.63) is 12.7 Å². The number of Topliss-reactive ketones (excluding diaryl/α,β-unsaturated/α-hetero) is 1. The van der Waals surface area contributed by atoms with Gasteiger partial charge < -0.3 is 31.5 Å². The molecule has 4 atom stereocenters. The van der Waals surface area contributed by atoms with Crippen LogP contribution in [0.1, 0.15) is 54.9 Å². The third-order valence-electron chi connectivity index (χ3n) is 6.68. The predicted molar refractivity (Wildman–Crippen MR) is 142 cm³/mol. The lowest BCUT2D eigenvalue weighted by Gasteiger charge is -2.37. The van der Waals surface area contributed by atoms with Crippen LogP contribution in [0.15, 0.2) is 12.7 Å². The first-order valence-corrected chi connectivity index (χ1v) is 12.6. The molecule has 1 fully saturated rings. The molecule has 0 spiro atoms. The van der Waals surface area contributed by atoms with E-state index in [0.717, 1.165) is 0 Å². The Hall–Kier alpha value is -3.44. The molecule has 1 rings (SSSR count). The van der Waals surface area contributed by atoms with Crippen LogP contribution in [0, 0.1) is 16.7 Å². The van der Waals surface area contributed by atoms with Gasteiger partial charge in [0.1, 0.15) is 12.1 Å². The lowest BCUT2D eigenvalue weighted by Crippen LogP contribution is -2.61. The van der Waals surface area contributed by atoms with Gasteiger partial charge in [0.2, 0.25) is 23.5 Å². The van der Waals surface area contributed by atoms with Gasteiger partial charge in [-0.25, -0.2) is 4.79 Å². The van der Waals surface area contributed by atoms with Gasteiger partial charge in [-0.1, -0.05) is 47.6 Å². The number of primary amides is 1. The minimum atomic E-state index is -1.17. The van der Waals surface area contributed by atoms with Crippen LogP contribution in [0.5, 0.6) is 0 Å². The van der Waals surface area contributed by atoms with Crippen molar-refractivity contribution in [2.75, 3.05) is 26.7 Å². The van der Waals surface area contributed by atoms with Gasteiger partial charge >= 0.3 is 6.03 Å². The third-order valence-corrected chi connectivity index (χ3v) is 6.68. The maximum Gasteiger partial charge on any atom is 0.315 e. The highest BCUT2D eigenvalue weighted by Crippen LogP contribution is 2.29. The van der Waals surface area contributed by atoms with Crippen LogP contribution in [0.25, 0.3) is 0 Å². The first-order chi connectivity index (χ1) is 17.3. The summed E-state index contributed by atoms with van der Waals surface area (Å²) < 4.78 is 0. The van der Waals surface area contributed by atoms with Gasteiger partial charge in [-0.3, -0.25) is 24.0 Å². The van der Waals surface area contributed by atoms with Gasteiger partial charge in [0, 0.05) is 27.1 Å². The third kappa shape index (κ3) is 9.14. The SMILES string of the molecule is C=C[C@@H]1C[C@@H](C(=O)NCC(=O)C(N)=O)N(C(=O)[C@@H](NC(=O)N[C@H](CN(C)C(C)=O)C(C)(C)C)C(C)(C)C)C1. The standard InChI is InChI=1S/C26H44N6O6/c1-10-16-11-17(22(36)28-12-18(34)21(27)35)32(13-16)23(37)20(26(6,7)8)30-24(38)29-19(25(3,4)5)14-31(9)15(2)33/h10,16-17,19-20H,1,11-14H2,2-9H3,(H2,27,35)(H,28,36)(H2,29,30,38)/t16-,17+,19-,20-/m1/s1. The number of ketones is 1. The van der Waals surface area contributed by atoms with E-state index >= 15 is 0 Å². The highest BCUT2D eigenvalue weighted by Gasteiger charge is 2.44. The van der Waals surface area contributed by atoms with Crippen LogP contribution in [-0.2, 0) is 24.0 Å². The number of carbonyl (C=O) groups excluding carboxylic acids is 6. The molecular formula is C26H44N6O6. The van der Waals surface area contributed by atoms with Crippen molar-refractivity contribution in [1.82, 2.24) is 25.8 Å². The number of hydrogen-bond donors (Lipinski definition) is 4. The summed E-state index contributed by atoms with van der Waals surface area (Å²) in [6.07, 6.45) is 1.92. The number of nitrogens with zero attached hydrogens (tertiary/aromatic N) is 2. The zero-order valence-corrected chi connectivity index (χ0v) is 23.8. The van der Waals surface area contributed by atoms with Crippen LogP contribution >= 0.6 is 0 Å². The molecule has 12 heteroatoms. The fourth-order valence-electron chi connectivity index (χ4n) is 3.99. The molecule has 12 nitrogen and oxygen atoms in total. The Bertz CT molecular complexity index is 951. The second-order valence-corrected chi connectivity index (χ2v) is 12.0. The smallest absolute Gasteiger partial charge is 0.315 e. The molecule has 0 radical (unpaired) electrons. The van der Waals surface area contributed by atoms with Gasteiger partial charge in [-0.05, 0) is 23.2 Å². The van der Waals surface area contributed by atoms with Gasteiger partial charge in [-0.2, -0.15) is 0 Å². The van der Waals surface area contributed by atoms with E-state index in [0.29, 0.717) is 0 Å². The number of nitrogens with one attached hydrogen (secondary N) is 3. The Balaban J connectivity index is 3.14. The highest BCUT2D eigenvalue weighted by molar-refractivity contribution is 6.36. The highest BCUT2D eigenvalue weighted by atomic mass is 16.2. The number of urea groups is 1. The summed E-state index contributed by atoms with van der Waals surface area (Å²) in [5, 5.41) is 8.05. The minimum absolute atomic E-state index is 0.142. The van der Waals surface area contributed by atoms with E-state index in [1.165, 1.54) is 16.7 Å². The molecule has 1 aliphatic heterocycles. The molecule has 1 saturated heterocycles. The van der Waals surface area contributed by atoms with Crippen molar-refractivity contribution in [3.8, 4) is 0 Å². The Kier molecular flexibility index (Phi) is 11.0. The topological polar surface area (TPSA) is 171 Å². The minimum Gasteiger partial charge on any atom is -0.363 e. The number of amides is 6. The van der Waals surface area contributed by atoms with Gasteiger partial charge in [0.25, 0.3) is 5.91 Å². The lowest BCUT2D eigenvalue weighted by molar-refractivity contribution is -0.142. The number of likely N-dealkylation sites (tertiary alicyclic amines) is 1. The molecule has 1 aliphatic rings. The molecule has 38 heavy (non-hydrogen) atoms. The van der Waals surface area contributed by atoms with Crippen LogP contribution in [0.3, 0.4) is 0 Å². The van der Waals surface area contributed by atoms with Crippen molar-refractivity contribution in [2.24, 2.45) is 22.5 Å². The Labute approximate surface area is 225 Å². The van der Waals surface area contributed by atoms with Gasteiger partial charge in [0.15, 0.2) is 0 Å². The first kappa shape index (κ1) is 32.6. The molecule has 0 unspecified atom stereocenters. The van der Waals surface area contributed by atoms with E-state index in [1.54, 1.807) is 33.9 Å². The number of nitrogens with two attached hydrogens (primary N) is 1. The normalized spacial score (nSPS) is 19.1. The van der Waals surface area contributed by atoms with Crippen LogP contribution < -0.4 is 21.7 Å². The van der Waals surface area contributed by atoms with E-state index in [1.807, 2.05) is 20.8 Å². The van der Waals surface area contributed by atoms with Crippen molar-refractivity contribution in [2.45, 2.75) is 73.0 Å². The summed E-state index contributed by atoms with van der Waals surface area (Å²) in [5.41, 5.74) is 3.83. The summed E-state index contributed by atoms with van der Waals surface area (Å²) in [6, 6.07) is -2.92. The monoisotopic (exact) mass is 536 g/mol. The van der Waals surface area contributed by atoms with Gasteiger partial charge in [0.05, 0.1) is 12.6 Å². The molecular weight excluding hydrogens is 492 g/mol. The van der Waals surface area contributed by atoms with Crippen molar-refractivity contribution in [1.29, 1.82) is 0 Å². The molecule has 0 aromatic carbocycles. The van der Waals surface area contributed by atoms with E-state index < -0.39 is 59.6 Å². The zero-order valence-electron chi connectivity index (χ0n) is 23.8. The van der Waals surface area contributed by atoms with E-state index in [-0.39, 0.29) is 36.8 Å². The summed E-state index contributed by atoms with van der Waals surface area (Å²) in [5.74, 6) is -3.51. The first-order valence-electron chi connectivity index (χ1n) is 12.6. The van der Waals surface area contributed by atoms with Crippen molar-refractivity contribution < 1.29 is 28.8 Å². The number of hydrogen-bond acceptors (Lipinski definition) is 6. The molecule has 214 valence electrons. The Morgan fingerprint density at radius 1 is 1.05 bits per heavy atom. The molecule has 5 N–H and O–H groups in total. The Morgan fingerprint density at radius 2 is 1.63 bits per heavy atom. The van der Waals surface area contributed by atoms with E-state index in [2.05, 4.69) is 22.5 Å². The predicted octanol–water partition coefficient (Wildman–Crippen LogP) is 0.167. The second kappa shape index (κ2) is 12.9. The molecule has 1 heterocycles. The molecule has 0 aromatic heterocycles. The summed E-state index contributed by atoms with van der Waals surface area (Å²) >= 11 is 0. The quantitative estimate of drug-likeness (QED) is 0.229. The van der Waals surface area contributed by atoms with Crippen molar-refractivity contribution >= 4 is 35.4 Å². The summed E-state index contributed by atoms with van der Waals surface area (Å²) in [6.45, 7) is 16.3. The fraction of sp³-hybridized carbons (Fsp3) is 0.692. The molecule has 6 amide bonds.